The van der Waals surface area contributed by atoms with Crippen LogP contribution in [0, 0.1) is 12.8 Å². The number of aliphatic hydroxyl groups is 1. The molecule has 0 spiro atoms. The van der Waals surface area contributed by atoms with Gasteiger partial charge < -0.3 is 10.8 Å². The van der Waals surface area contributed by atoms with Crippen LogP contribution in [0.3, 0.4) is 0 Å². The fourth-order valence-electron chi connectivity index (χ4n) is 6.72. The van der Waals surface area contributed by atoms with Crippen LogP contribution in [-0.2, 0) is 5.54 Å². The molecule has 2 aliphatic rings. The van der Waals surface area contributed by atoms with E-state index in [4.69, 9.17) is 20.8 Å². The Morgan fingerprint density at radius 1 is 0.878 bits per heavy atom. The zero-order valence-corrected chi connectivity index (χ0v) is 22.8. The molecule has 2 aromatic carbocycles. The third kappa shape index (κ3) is 3.88. The topological polar surface area (TPSA) is 102 Å². The van der Waals surface area contributed by atoms with E-state index in [0.717, 1.165) is 74.3 Å². The highest BCUT2D eigenvalue weighted by molar-refractivity contribution is 5.92. The minimum atomic E-state index is -0.593. The highest BCUT2D eigenvalue weighted by Crippen LogP contribution is 2.57. The largest absolute Gasteiger partial charge is 0.389 e. The van der Waals surface area contributed by atoms with Gasteiger partial charge in [0.1, 0.15) is 0 Å². The van der Waals surface area contributed by atoms with Gasteiger partial charge in [-0.15, -0.1) is 0 Å². The molecule has 202 valence electrons. The molecule has 2 aliphatic carbocycles. The number of fused-ring (bicyclic) bond motifs is 3. The van der Waals surface area contributed by atoms with Crippen molar-refractivity contribution >= 4 is 16.7 Å². The summed E-state index contributed by atoms with van der Waals surface area (Å²) in [6.45, 7) is 1.99. The highest BCUT2D eigenvalue weighted by Gasteiger charge is 2.58. The molecule has 0 saturated heterocycles. The molecule has 0 radical (unpaired) electrons. The molecule has 4 heterocycles. The second-order valence-electron chi connectivity index (χ2n) is 11.8. The van der Waals surface area contributed by atoms with E-state index in [2.05, 4.69) is 47.4 Å². The minimum Gasteiger partial charge on any atom is -0.389 e. The van der Waals surface area contributed by atoms with Gasteiger partial charge in [-0.05, 0) is 61.8 Å². The Labute approximate surface area is 237 Å². The Bertz CT molecular complexity index is 1920. The molecule has 7 heteroatoms. The van der Waals surface area contributed by atoms with Crippen LogP contribution in [0.15, 0.2) is 91.4 Å². The second kappa shape index (κ2) is 8.77. The van der Waals surface area contributed by atoms with Gasteiger partial charge in [-0.25, -0.2) is 9.97 Å². The van der Waals surface area contributed by atoms with Crippen molar-refractivity contribution in [3.63, 3.8) is 0 Å². The lowest BCUT2D eigenvalue weighted by atomic mass is 9.60. The quantitative estimate of drug-likeness (QED) is 0.276. The van der Waals surface area contributed by atoms with E-state index in [0.29, 0.717) is 18.8 Å². The molecule has 3 N–H and O–H groups in total. The van der Waals surface area contributed by atoms with Gasteiger partial charge in [0.2, 0.25) is 0 Å². The van der Waals surface area contributed by atoms with Gasteiger partial charge in [0.15, 0.2) is 11.3 Å². The Morgan fingerprint density at radius 2 is 1.63 bits per heavy atom. The first-order valence-electron chi connectivity index (χ1n) is 14.2. The Hall–Kier alpha value is -4.46. The number of aromatic nitrogens is 5. The number of hydrogen-bond donors (Lipinski definition) is 2. The summed E-state index contributed by atoms with van der Waals surface area (Å²) in [6, 6.07) is 24.8. The van der Waals surface area contributed by atoms with Gasteiger partial charge in [-0.1, -0.05) is 60.7 Å². The van der Waals surface area contributed by atoms with Crippen LogP contribution in [0.4, 0.5) is 0 Å². The van der Waals surface area contributed by atoms with Crippen molar-refractivity contribution in [2.75, 3.05) is 0 Å². The smallest absolute Gasteiger partial charge is 0.165 e. The fourth-order valence-corrected chi connectivity index (χ4v) is 6.72. The summed E-state index contributed by atoms with van der Waals surface area (Å²) in [7, 11) is 0. The van der Waals surface area contributed by atoms with Gasteiger partial charge in [0.05, 0.1) is 22.6 Å². The summed E-state index contributed by atoms with van der Waals surface area (Å²) >= 11 is 0. The summed E-state index contributed by atoms with van der Waals surface area (Å²) in [4.78, 5) is 14.4. The van der Waals surface area contributed by atoms with E-state index in [1.54, 1.807) is 6.20 Å². The van der Waals surface area contributed by atoms with Crippen molar-refractivity contribution in [2.45, 2.75) is 43.7 Å². The molecule has 4 aromatic heterocycles. The summed E-state index contributed by atoms with van der Waals surface area (Å²) in [6.07, 6.45) is 8.96. The minimum absolute atomic E-state index is 0.421. The molecule has 2 saturated carbocycles. The number of aryl methyl sites for hydroxylation is 1. The van der Waals surface area contributed by atoms with Crippen molar-refractivity contribution < 1.29 is 5.11 Å². The van der Waals surface area contributed by atoms with Crippen LogP contribution in [0.5, 0.6) is 0 Å². The molecule has 0 atom stereocenters. The molecule has 8 rings (SSSR count). The predicted molar refractivity (Wildman–Crippen MR) is 160 cm³/mol. The SMILES string of the molecule is Cc1nn2c(ncc3cc(-c4ccccc4)c(-c4ccc([C@]5(N)C[C@@](O)(C6CC6)C5)cc4)nc32)c1-c1cccnc1. The lowest BCUT2D eigenvalue weighted by Crippen LogP contribution is -2.60. The Kier molecular flexibility index (Phi) is 5.21. The Balaban J connectivity index is 1.27. The molecular weight excluding hydrogens is 508 g/mol. The van der Waals surface area contributed by atoms with Gasteiger partial charge in [0, 0.05) is 46.2 Å². The molecule has 0 amide bonds. The summed E-state index contributed by atoms with van der Waals surface area (Å²) in [5.41, 5.74) is 15.0. The maximum Gasteiger partial charge on any atom is 0.165 e. The lowest BCUT2D eigenvalue weighted by molar-refractivity contribution is -0.106. The monoisotopic (exact) mass is 538 g/mol. The van der Waals surface area contributed by atoms with Crippen LogP contribution < -0.4 is 5.73 Å². The van der Waals surface area contributed by atoms with Gasteiger partial charge >= 0.3 is 0 Å². The van der Waals surface area contributed by atoms with Crippen molar-refractivity contribution in [2.24, 2.45) is 11.7 Å². The maximum atomic E-state index is 10.9. The van der Waals surface area contributed by atoms with Crippen LogP contribution in [-0.4, -0.2) is 35.3 Å². The zero-order valence-electron chi connectivity index (χ0n) is 22.8. The highest BCUT2D eigenvalue weighted by atomic mass is 16.3. The van der Waals surface area contributed by atoms with E-state index in [9.17, 15) is 5.11 Å². The fraction of sp³-hybridized carbons (Fsp3) is 0.235. The first-order valence-corrected chi connectivity index (χ1v) is 14.2. The summed E-state index contributed by atoms with van der Waals surface area (Å²) in [5, 5.41) is 16.7. The molecule has 0 bridgehead atoms. The number of benzene rings is 2. The third-order valence-corrected chi connectivity index (χ3v) is 8.94. The average Bonchev–Trinajstić information content (AvgIpc) is 3.79. The molecule has 41 heavy (non-hydrogen) atoms. The van der Waals surface area contributed by atoms with Gasteiger partial charge in [0.25, 0.3) is 0 Å². The van der Waals surface area contributed by atoms with E-state index in [1.807, 2.05) is 54.2 Å². The van der Waals surface area contributed by atoms with E-state index in [-0.39, 0.29) is 0 Å². The number of nitrogens with two attached hydrogens (primary N) is 1. The van der Waals surface area contributed by atoms with Gasteiger partial charge in [-0.2, -0.15) is 9.61 Å². The van der Waals surface area contributed by atoms with Crippen LogP contribution in [0.25, 0.3) is 50.2 Å². The zero-order chi connectivity index (χ0) is 27.8. The Morgan fingerprint density at radius 3 is 2.34 bits per heavy atom. The molecular formula is C34H30N6O. The standard InChI is InChI=1S/C34H30N6O/c1-21-29(24-8-5-15-36-17-24)32-37-18-25-16-28(22-6-3-2-4-7-22)30(38-31(25)40(32)39-21)23-9-11-26(12-10-23)33(35)19-34(41,20-33)27-13-14-27/h2-12,15-18,27,41H,13-14,19-20,35H2,1H3/t33-,34-. The lowest BCUT2D eigenvalue weighted by Gasteiger charge is -2.52. The van der Waals surface area contributed by atoms with Crippen molar-refractivity contribution in [1.29, 1.82) is 0 Å². The van der Waals surface area contributed by atoms with E-state index < -0.39 is 11.1 Å². The van der Waals surface area contributed by atoms with E-state index >= 15 is 0 Å². The van der Waals surface area contributed by atoms with Crippen LogP contribution in [0.1, 0.15) is 36.9 Å². The van der Waals surface area contributed by atoms with Crippen LogP contribution in [0.2, 0.25) is 0 Å². The number of hydrogen-bond acceptors (Lipinski definition) is 6. The molecule has 0 aliphatic heterocycles. The molecule has 6 aromatic rings. The molecule has 0 unspecified atom stereocenters. The summed E-state index contributed by atoms with van der Waals surface area (Å²) < 4.78 is 1.85. The van der Waals surface area contributed by atoms with Crippen molar-refractivity contribution in [3.8, 4) is 33.5 Å². The van der Waals surface area contributed by atoms with Crippen LogP contribution >= 0.6 is 0 Å². The normalized spacial score (nSPS) is 22.2. The van der Waals surface area contributed by atoms with Gasteiger partial charge in [-0.3, -0.25) is 4.98 Å². The summed E-state index contributed by atoms with van der Waals surface area (Å²) in [5.74, 6) is 0.421. The molecule has 2 fully saturated rings. The second-order valence-corrected chi connectivity index (χ2v) is 11.8. The number of pyridine rings is 2. The first-order chi connectivity index (χ1) is 19.9. The third-order valence-electron chi connectivity index (χ3n) is 8.94. The molecule has 7 nitrogen and oxygen atoms in total. The average molecular weight is 539 g/mol. The first kappa shape index (κ1) is 24.3. The van der Waals surface area contributed by atoms with Crippen molar-refractivity contribution in [1.82, 2.24) is 24.6 Å². The maximum absolute atomic E-state index is 10.9. The number of nitrogens with zero attached hydrogens (tertiary/aromatic N) is 5. The predicted octanol–water partition coefficient (Wildman–Crippen LogP) is 6.07. The van der Waals surface area contributed by atoms with Crippen molar-refractivity contribution in [3.05, 3.63) is 103 Å². The van der Waals surface area contributed by atoms with E-state index in [1.165, 1.54) is 0 Å². The number of rotatable bonds is 5.